The van der Waals surface area contributed by atoms with Gasteiger partial charge in [0, 0.05) is 29.7 Å². The van der Waals surface area contributed by atoms with Crippen LogP contribution in [0.15, 0.2) is 53.4 Å². The Kier molecular flexibility index (Phi) is 5.38. The van der Waals surface area contributed by atoms with Gasteiger partial charge >= 0.3 is 5.97 Å². The number of rotatable bonds is 5. The highest BCUT2D eigenvalue weighted by Crippen LogP contribution is 2.38. The first-order valence-electron chi connectivity index (χ1n) is 9.84. The minimum atomic E-state index is -3.55. The molecule has 0 saturated carbocycles. The molecule has 0 atom stereocenters. The normalized spacial score (nSPS) is 16.2. The highest BCUT2D eigenvalue weighted by molar-refractivity contribution is 7.89. The molecule has 158 valence electrons. The van der Waals surface area contributed by atoms with Crippen molar-refractivity contribution in [3.8, 4) is 0 Å². The van der Waals surface area contributed by atoms with E-state index in [1.807, 2.05) is 6.92 Å². The van der Waals surface area contributed by atoms with Crippen LogP contribution in [0.4, 0.5) is 4.39 Å². The topological polar surface area (TPSA) is 79.6 Å². The van der Waals surface area contributed by atoms with Crippen LogP contribution in [0.5, 0.6) is 0 Å². The third kappa shape index (κ3) is 3.61. The molecule has 0 spiro atoms. The van der Waals surface area contributed by atoms with Crippen molar-refractivity contribution < 1.29 is 22.7 Å². The van der Waals surface area contributed by atoms with E-state index in [1.165, 1.54) is 16.4 Å². The van der Waals surface area contributed by atoms with E-state index in [1.54, 1.807) is 41.0 Å². The first-order valence-corrected chi connectivity index (χ1v) is 11.3. The van der Waals surface area contributed by atoms with Gasteiger partial charge in [-0.1, -0.05) is 18.2 Å². The molecule has 4 rings (SSSR count). The largest absolute Gasteiger partial charge is 0.480 e. The van der Waals surface area contributed by atoms with E-state index in [-0.39, 0.29) is 23.2 Å². The van der Waals surface area contributed by atoms with Gasteiger partial charge in [0.1, 0.15) is 12.4 Å². The third-order valence-electron chi connectivity index (χ3n) is 5.87. The molecule has 0 bridgehead atoms. The highest BCUT2D eigenvalue weighted by Gasteiger charge is 2.32. The lowest BCUT2D eigenvalue weighted by molar-refractivity contribution is -0.137. The highest BCUT2D eigenvalue weighted by atomic mass is 32.2. The predicted molar refractivity (Wildman–Crippen MR) is 111 cm³/mol. The van der Waals surface area contributed by atoms with Crippen LogP contribution in [0.1, 0.15) is 30.0 Å². The molecule has 0 radical (unpaired) electrons. The Hall–Kier alpha value is -2.71. The Morgan fingerprint density at radius 1 is 1.13 bits per heavy atom. The Balaban J connectivity index is 1.65. The first-order chi connectivity index (χ1) is 14.3. The SMILES string of the molecule is Cc1c(C2CCN(S(=O)(=O)c3ccccc3)CC2)c2cc(F)ccc2n1CC(=O)O. The zero-order chi connectivity index (χ0) is 21.5. The lowest BCUT2D eigenvalue weighted by Gasteiger charge is -2.31. The summed E-state index contributed by atoms with van der Waals surface area (Å²) in [4.78, 5) is 11.6. The van der Waals surface area contributed by atoms with Crippen LogP contribution < -0.4 is 0 Å². The van der Waals surface area contributed by atoms with E-state index in [0.717, 1.165) is 11.3 Å². The molecule has 0 amide bonds. The van der Waals surface area contributed by atoms with Gasteiger partial charge in [-0.3, -0.25) is 4.79 Å². The summed E-state index contributed by atoms with van der Waals surface area (Å²) >= 11 is 0. The van der Waals surface area contributed by atoms with Crippen LogP contribution in [-0.2, 0) is 21.4 Å². The molecule has 1 aromatic heterocycles. The number of carboxylic acids is 1. The maximum atomic E-state index is 14.0. The molecule has 1 fully saturated rings. The van der Waals surface area contributed by atoms with Crippen LogP contribution in [0.3, 0.4) is 0 Å². The summed E-state index contributed by atoms with van der Waals surface area (Å²) in [5, 5.41) is 10.00. The van der Waals surface area contributed by atoms with Crippen molar-refractivity contribution in [3.05, 3.63) is 65.6 Å². The van der Waals surface area contributed by atoms with Gasteiger partial charge in [-0.25, -0.2) is 12.8 Å². The molecule has 1 aliphatic rings. The number of aliphatic carboxylic acids is 1. The van der Waals surface area contributed by atoms with Gasteiger partial charge in [-0.05, 0) is 61.6 Å². The second-order valence-corrected chi connectivity index (χ2v) is 9.57. The number of carboxylic acid groups (broad SMARTS) is 1. The summed E-state index contributed by atoms with van der Waals surface area (Å²) in [5.74, 6) is -1.30. The predicted octanol–water partition coefficient (Wildman–Crippen LogP) is 3.74. The van der Waals surface area contributed by atoms with Gasteiger partial charge < -0.3 is 9.67 Å². The zero-order valence-corrected chi connectivity index (χ0v) is 17.4. The van der Waals surface area contributed by atoms with Gasteiger partial charge in [-0.15, -0.1) is 0 Å². The van der Waals surface area contributed by atoms with Crippen LogP contribution >= 0.6 is 0 Å². The molecule has 2 aromatic carbocycles. The number of piperidine rings is 1. The molecule has 0 unspecified atom stereocenters. The Morgan fingerprint density at radius 2 is 1.80 bits per heavy atom. The van der Waals surface area contributed by atoms with Crippen molar-refractivity contribution in [1.29, 1.82) is 0 Å². The number of hydrogen-bond donors (Lipinski definition) is 1. The minimum absolute atomic E-state index is 0.0339. The van der Waals surface area contributed by atoms with Crippen molar-refractivity contribution >= 4 is 26.9 Å². The lowest BCUT2D eigenvalue weighted by Crippen LogP contribution is -2.38. The van der Waals surface area contributed by atoms with Gasteiger partial charge in [0.25, 0.3) is 0 Å². The number of benzene rings is 2. The van der Waals surface area contributed by atoms with Gasteiger partial charge in [0.15, 0.2) is 0 Å². The number of aromatic nitrogens is 1. The molecule has 3 aromatic rings. The fourth-order valence-corrected chi connectivity index (χ4v) is 5.95. The maximum absolute atomic E-state index is 14.0. The number of sulfonamides is 1. The summed E-state index contributed by atoms with van der Waals surface area (Å²) in [6, 6.07) is 12.8. The molecule has 2 heterocycles. The molecule has 8 heteroatoms. The van der Waals surface area contributed by atoms with E-state index >= 15 is 0 Å². The van der Waals surface area contributed by atoms with Crippen molar-refractivity contribution in [2.45, 2.75) is 37.1 Å². The quantitative estimate of drug-likeness (QED) is 0.669. The monoisotopic (exact) mass is 430 g/mol. The second kappa shape index (κ2) is 7.85. The summed E-state index contributed by atoms with van der Waals surface area (Å²) < 4.78 is 42.9. The van der Waals surface area contributed by atoms with Gasteiger partial charge in [0.2, 0.25) is 10.0 Å². The van der Waals surface area contributed by atoms with Crippen molar-refractivity contribution in [3.63, 3.8) is 0 Å². The molecule has 1 aliphatic heterocycles. The molecular weight excluding hydrogens is 407 g/mol. The second-order valence-electron chi connectivity index (χ2n) is 7.63. The summed E-state index contributed by atoms with van der Waals surface area (Å²) in [5.41, 5.74) is 2.40. The zero-order valence-electron chi connectivity index (χ0n) is 16.6. The molecule has 1 saturated heterocycles. The molecule has 30 heavy (non-hydrogen) atoms. The van der Waals surface area contributed by atoms with E-state index in [4.69, 9.17) is 0 Å². The number of fused-ring (bicyclic) bond motifs is 1. The number of halogens is 1. The summed E-state index contributed by atoms with van der Waals surface area (Å²) in [6.07, 6.45) is 1.19. The van der Waals surface area contributed by atoms with Crippen LogP contribution in [0.25, 0.3) is 10.9 Å². The number of nitrogens with zero attached hydrogens (tertiary/aromatic N) is 2. The standard InChI is InChI=1S/C22H23FN2O4S/c1-15-22(19-13-17(23)7-8-20(19)25(15)14-21(26)27)16-9-11-24(12-10-16)30(28,29)18-5-3-2-4-6-18/h2-8,13,16H,9-12,14H2,1H3,(H,26,27). The number of carbonyl (C=O) groups is 1. The van der Waals surface area contributed by atoms with Crippen molar-refractivity contribution in [1.82, 2.24) is 8.87 Å². The lowest BCUT2D eigenvalue weighted by atomic mass is 9.88. The Bertz CT molecular complexity index is 1200. The molecular formula is C22H23FN2O4S. The van der Waals surface area contributed by atoms with E-state index in [0.29, 0.717) is 36.8 Å². The minimum Gasteiger partial charge on any atom is -0.480 e. The van der Waals surface area contributed by atoms with E-state index < -0.39 is 16.0 Å². The summed E-state index contributed by atoms with van der Waals surface area (Å²) in [7, 11) is -3.55. The smallest absolute Gasteiger partial charge is 0.323 e. The summed E-state index contributed by atoms with van der Waals surface area (Å²) in [6.45, 7) is 2.38. The van der Waals surface area contributed by atoms with Crippen molar-refractivity contribution in [2.24, 2.45) is 0 Å². The maximum Gasteiger partial charge on any atom is 0.323 e. The number of hydrogen-bond acceptors (Lipinski definition) is 3. The fourth-order valence-electron chi connectivity index (χ4n) is 4.46. The fraction of sp³-hybridized carbons (Fsp3) is 0.318. The van der Waals surface area contributed by atoms with Gasteiger partial charge in [0.05, 0.1) is 4.90 Å². The first kappa shape index (κ1) is 20.6. The van der Waals surface area contributed by atoms with Crippen LogP contribution in [0, 0.1) is 12.7 Å². The van der Waals surface area contributed by atoms with Gasteiger partial charge in [-0.2, -0.15) is 4.31 Å². The molecule has 0 aliphatic carbocycles. The average molecular weight is 431 g/mol. The van der Waals surface area contributed by atoms with Crippen LogP contribution in [0.2, 0.25) is 0 Å². The Morgan fingerprint density at radius 3 is 2.43 bits per heavy atom. The third-order valence-corrected chi connectivity index (χ3v) is 7.78. The Labute approximate surface area is 174 Å². The van der Waals surface area contributed by atoms with E-state index in [9.17, 15) is 22.7 Å². The average Bonchev–Trinajstić information content (AvgIpc) is 2.99. The van der Waals surface area contributed by atoms with E-state index in [2.05, 4.69) is 0 Å². The van der Waals surface area contributed by atoms with Crippen molar-refractivity contribution in [2.75, 3.05) is 13.1 Å². The van der Waals surface area contributed by atoms with Crippen LogP contribution in [-0.4, -0.2) is 41.5 Å². The molecule has 1 N–H and O–H groups in total. The molecule has 6 nitrogen and oxygen atoms in total.